The zero-order valence-electron chi connectivity index (χ0n) is 11.6. The highest BCUT2D eigenvalue weighted by molar-refractivity contribution is 5.31. The molecule has 1 aliphatic carbocycles. The SMILES string of the molecule is Cc1ccc(C(O)CCNC2CCCC2)c(C)c1. The van der Waals surface area contributed by atoms with Gasteiger partial charge in [-0.25, -0.2) is 0 Å². The Morgan fingerprint density at radius 2 is 2.00 bits per heavy atom. The molecule has 2 rings (SSSR count). The van der Waals surface area contributed by atoms with Gasteiger partial charge in [0.15, 0.2) is 0 Å². The average molecular weight is 247 g/mol. The number of aryl methyl sites for hydroxylation is 2. The fourth-order valence-corrected chi connectivity index (χ4v) is 2.91. The summed E-state index contributed by atoms with van der Waals surface area (Å²) in [5.41, 5.74) is 3.53. The third kappa shape index (κ3) is 3.56. The molecule has 1 atom stereocenters. The van der Waals surface area contributed by atoms with Gasteiger partial charge in [0.25, 0.3) is 0 Å². The van der Waals surface area contributed by atoms with E-state index >= 15 is 0 Å². The second-order valence-corrected chi connectivity index (χ2v) is 5.60. The van der Waals surface area contributed by atoms with E-state index in [1.165, 1.54) is 36.8 Å². The summed E-state index contributed by atoms with van der Waals surface area (Å²) < 4.78 is 0. The maximum atomic E-state index is 10.2. The third-order valence-corrected chi connectivity index (χ3v) is 3.99. The number of nitrogens with one attached hydrogen (secondary N) is 1. The Labute approximate surface area is 110 Å². The fourth-order valence-electron chi connectivity index (χ4n) is 2.91. The lowest BCUT2D eigenvalue weighted by Crippen LogP contribution is -2.28. The lowest BCUT2D eigenvalue weighted by molar-refractivity contribution is 0.165. The number of benzene rings is 1. The molecule has 18 heavy (non-hydrogen) atoms. The van der Waals surface area contributed by atoms with E-state index in [1.54, 1.807) is 0 Å². The van der Waals surface area contributed by atoms with Crippen molar-refractivity contribution in [2.24, 2.45) is 0 Å². The van der Waals surface area contributed by atoms with Gasteiger partial charge >= 0.3 is 0 Å². The molecule has 0 amide bonds. The Hall–Kier alpha value is -0.860. The van der Waals surface area contributed by atoms with Gasteiger partial charge in [0.05, 0.1) is 6.10 Å². The summed E-state index contributed by atoms with van der Waals surface area (Å²) in [5.74, 6) is 0. The molecule has 1 aromatic carbocycles. The minimum absolute atomic E-state index is 0.334. The fraction of sp³-hybridized carbons (Fsp3) is 0.625. The smallest absolute Gasteiger partial charge is 0.0804 e. The van der Waals surface area contributed by atoms with Crippen molar-refractivity contribution in [3.05, 3.63) is 34.9 Å². The highest BCUT2D eigenvalue weighted by Gasteiger charge is 2.15. The number of hydrogen-bond acceptors (Lipinski definition) is 2. The second-order valence-electron chi connectivity index (χ2n) is 5.60. The van der Waals surface area contributed by atoms with E-state index in [4.69, 9.17) is 0 Å². The third-order valence-electron chi connectivity index (χ3n) is 3.99. The molecule has 2 heteroatoms. The molecule has 0 bridgehead atoms. The van der Waals surface area contributed by atoms with Crippen molar-refractivity contribution >= 4 is 0 Å². The number of aliphatic hydroxyl groups is 1. The van der Waals surface area contributed by atoms with E-state index in [0.29, 0.717) is 6.04 Å². The first-order valence-corrected chi connectivity index (χ1v) is 7.15. The minimum Gasteiger partial charge on any atom is -0.388 e. The molecule has 2 nitrogen and oxygen atoms in total. The molecule has 2 N–H and O–H groups in total. The first-order chi connectivity index (χ1) is 8.66. The van der Waals surface area contributed by atoms with Gasteiger partial charge in [0.1, 0.15) is 0 Å². The van der Waals surface area contributed by atoms with Crippen LogP contribution in [0.3, 0.4) is 0 Å². The summed E-state index contributed by atoms with van der Waals surface area (Å²) in [4.78, 5) is 0. The van der Waals surface area contributed by atoms with Gasteiger partial charge in [-0.3, -0.25) is 0 Å². The quantitative estimate of drug-likeness (QED) is 0.837. The van der Waals surface area contributed by atoms with Crippen LogP contribution in [-0.4, -0.2) is 17.7 Å². The standard InChI is InChI=1S/C16H25NO/c1-12-7-8-15(13(2)11-12)16(18)9-10-17-14-5-3-4-6-14/h7-8,11,14,16-18H,3-6,9-10H2,1-2H3. The van der Waals surface area contributed by atoms with Crippen molar-refractivity contribution < 1.29 is 5.11 Å². The van der Waals surface area contributed by atoms with Gasteiger partial charge in [0.2, 0.25) is 0 Å². The zero-order chi connectivity index (χ0) is 13.0. The van der Waals surface area contributed by atoms with Gasteiger partial charge in [0, 0.05) is 6.04 Å². The van der Waals surface area contributed by atoms with E-state index in [2.05, 4.69) is 37.4 Å². The topological polar surface area (TPSA) is 32.3 Å². The molecule has 1 saturated carbocycles. The molecule has 1 unspecified atom stereocenters. The predicted molar refractivity (Wildman–Crippen MR) is 75.8 cm³/mol. The summed E-state index contributed by atoms with van der Waals surface area (Å²) in [6.45, 7) is 5.08. The van der Waals surface area contributed by atoms with E-state index in [1.807, 2.05) is 0 Å². The molecule has 1 fully saturated rings. The second kappa shape index (κ2) is 6.35. The molecule has 0 saturated heterocycles. The Morgan fingerprint density at radius 1 is 1.28 bits per heavy atom. The minimum atomic E-state index is -0.334. The van der Waals surface area contributed by atoms with E-state index in [9.17, 15) is 5.11 Å². The molecule has 1 aliphatic rings. The van der Waals surface area contributed by atoms with E-state index in [-0.39, 0.29) is 6.10 Å². The average Bonchev–Trinajstić information content (AvgIpc) is 2.81. The van der Waals surface area contributed by atoms with Gasteiger partial charge in [-0.2, -0.15) is 0 Å². The molecule has 0 aromatic heterocycles. The van der Waals surface area contributed by atoms with Gasteiger partial charge in [-0.05, 0) is 50.8 Å². The first-order valence-electron chi connectivity index (χ1n) is 7.15. The molecule has 0 heterocycles. The van der Waals surface area contributed by atoms with E-state index < -0.39 is 0 Å². The van der Waals surface area contributed by atoms with Gasteiger partial charge in [-0.1, -0.05) is 36.6 Å². The highest BCUT2D eigenvalue weighted by atomic mass is 16.3. The summed E-state index contributed by atoms with van der Waals surface area (Å²) in [6, 6.07) is 6.97. The zero-order valence-corrected chi connectivity index (χ0v) is 11.6. The van der Waals surface area contributed by atoms with Crippen molar-refractivity contribution in [2.45, 2.75) is 58.1 Å². The molecule has 1 aromatic rings. The summed E-state index contributed by atoms with van der Waals surface area (Å²) >= 11 is 0. The normalized spacial score (nSPS) is 18.2. The van der Waals surface area contributed by atoms with Gasteiger partial charge < -0.3 is 10.4 Å². The van der Waals surface area contributed by atoms with Crippen molar-refractivity contribution in [3.63, 3.8) is 0 Å². The predicted octanol–water partition coefficient (Wildman–Crippen LogP) is 3.26. The van der Waals surface area contributed by atoms with Crippen molar-refractivity contribution in [2.75, 3.05) is 6.54 Å². The largest absolute Gasteiger partial charge is 0.388 e. The summed E-state index contributed by atoms with van der Waals surface area (Å²) in [7, 11) is 0. The van der Waals surface area contributed by atoms with Crippen molar-refractivity contribution in [3.8, 4) is 0 Å². The van der Waals surface area contributed by atoms with Crippen LogP contribution in [0.4, 0.5) is 0 Å². The maximum Gasteiger partial charge on any atom is 0.0804 e. The van der Waals surface area contributed by atoms with Crippen LogP contribution in [0, 0.1) is 13.8 Å². The first kappa shape index (κ1) is 13.6. The number of hydrogen-bond donors (Lipinski definition) is 2. The molecular formula is C16H25NO. The Kier molecular flexibility index (Phi) is 4.79. The molecule has 0 spiro atoms. The van der Waals surface area contributed by atoms with E-state index in [0.717, 1.165) is 18.5 Å². The lowest BCUT2D eigenvalue weighted by atomic mass is 9.99. The van der Waals surface area contributed by atoms with Crippen LogP contribution >= 0.6 is 0 Å². The van der Waals surface area contributed by atoms with Crippen molar-refractivity contribution in [1.29, 1.82) is 0 Å². The lowest BCUT2D eigenvalue weighted by Gasteiger charge is -2.17. The summed E-state index contributed by atoms with van der Waals surface area (Å²) in [6.07, 6.45) is 5.80. The number of aliphatic hydroxyl groups excluding tert-OH is 1. The maximum absolute atomic E-state index is 10.2. The van der Waals surface area contributed by atoms with Crippen LogP contribution in [0.15, 0.2) is 18.2 Å². The van der Waals surface area contributed by atoms with Crippen LogP contribution in [0.5, 0.6) is 0 Å². The Bertz CT molecular complexity index is 383. The molecule has 100 valence electrons. The van der Waals surface area contributed by atoms with Crippen LogP contribution in [0.25, 0.3) is 0 Å². The molecule has 0 aliphatic heterocycles. The van der Waals surface area contributed by atoms with Crippen LogP contribution in [0.1, 0.15) is 54.9 Å². The van der Waals surface area contributed by atoms with Crippen LogP contribution in [-0.2, 0) is 0 Å². The van der Waals surface area contributed by atoms with Crippen molar-refractivity contribution in [1.82, 2.24) is 5.32 Å². The van der Waals surface area contributed by atoms with Crippen LogP contribution < -0.4 is 5.32 Å². The number of rotatable bonds is 5. The monoisotopic (exact) mass is 247 g/mol. The Balaban J connectivity index is 1.81. The highest BCUT2D eigenvalue weighted by Crippen LogP contribution is 2.22. The Morgan fingerprint density at radius 3 is 2.67 bits per heavy atom. The van der Waals surface area contributed by atoms with Crippen LogP contribution in [0.2, 0.25) is 0 Å². The summed E-state index contributed by atoms with van der Waals surface area (Å²) in [5, 5.41) is 13.8. The molecule has 0 radical (unpaired) electrons. The van der Waals surface area contributed by atoms with Gasteiger partial charge in [-0.15, -0.1) is 0 Å². The molecular weight excluding hydrogens is 222 g/mol.